The van der Waals surface area contributed by atoms with Crippen molar-refractivity contribution in [2.45, 2.75) is 224 Å². The van der Waals surface area contributed by atoms with Crippen LogP contribution in [0.5, 0.6) is 0 Å². The number of carbonyl (C=O) groups excluding carboxylic acids is 2. The minimum atomic E-state index is -1.22. The summed E-state index contributed by atoms with van der Waals surface area (Å²) in [6.07, 6.45) is 6.07. The minimum Gasteiger partial charge on any atom is -0.496 e. The average molecular weight is 1080 g/mol. The van der Waals surface area contributed by atoms with Crippen LogP contribution < -0.4 is 0 Å². The number of aliphatic hydroxyl groups excluding tert-OH is 7. The third-order valence-electron chi connectivity index (χ3n) is 13.5. The van der Waals surface area contributed by atoms with Gasteiger partial charge in [-0.25, -0.2) is 0 Å². The van der Waals surface area contributed by atoms with Crippen LogP contribution in [0.25, 0.3) is 0 Å². The molecule has 69 heavy (non-hydrogen) atoms. The van der Waals surface area contributed by atoms with Crippen molar-refractivity contribution >= 4 is 51.1 Å². The number of allylic oxidation sites excluding steroid dienone is 4. The van der Waals surface area contributed by atoms with E-state index >= 15 is 0 Å². The van der Waals surface area contributed by atoms with E-state index in [0.717, 1.165) is 50.5 Å². The van der Waals surface area contributed by atoms with Crippen LogP contribution in [0.1, 0.15) is 157 Å². The molecule has 0 aromatic rings. The molecule has 2 bridgehead atoms. The summed E-state index contributed by atoms with van der Waals surface area (Å²) in [7, 11) is 1.49. The van der Waals surface area contributed by atoms with Crippen molar-refractivity contribution in [1.82, 2.24) is 0 Å². The van der Waals surface area contributed by atoms with Crippen molar-refractivity contribution in [3.63, 3.8) is 0 Å². The van der Waals surface area contributed by atoms with E-state index in [9.17, 15) is 45.3 Å². The van der Waals surface area contributed by atoms with Gasteiger partial charge < -0.3 is 54.7 Å². The molecule has 0 spiro atoms. The van der Waals surface area contributed by atoms with Gasteiger partial charge in [-0.15, -0.1) is 0 Å². The summed E-state index contributed by atoms with van der Waals surface area (Å²) < 4.78 is 23.3. The summed E-state index contributed by atoms with van der Waals surface area (Å²) in [5, 5.41) is 78.7. The van der Waals surface area contributed by atoms with Crippen LogP contribution in [0.15, 0.2) is 68.9 Å². The zero-order chi connectivity index (χ0) is 51.8. The second-order valence-corrected chi connectivity index (χ2v) is 21.4. The molecule has 7 N–H and O–H groups in total. The summed E-state index contributed by atoms with van der Waals surface area (Å²) in [6.45, 7) is 14.6. The Labute approximate surface area is 430 Å². The van der Waals surface area contributed by atoms with Crippen molar-refractivity contribution in [1.29, 1.82) is 0 Å². The van der Waals surface area contributed by atoms with E-state index in [1.807, 2.05) is 13.0 Å². The highest BCUT2D eigenvalue weighted by molar-refractivity contribution is 9.11. The third-order valence-corrected chi connectivity index (χ3v) is 14.5. The number of fused-ring (bicyclic) bond motifs is 2. The van der Waals surface area contributed by atoms with Gasteiger partial charge in [-0.2, -0.15) is 0 Å². The SMILES string of the molecule is C=C(CC(CC(O)C(C)C(O)CC(O)C(C)(C)C(O)CC(C)=CC(O)C1OC2CC(C)CC(O)CC(C)=CC(O)CC(=O)OC1C2)OC(=O)CCCCCCCCCC=CC(Cl)=CCl)C(=CBr)OC. The molecule has 16 heteroatoms. The quantitative estimate of drug-likeness (QED) is 0.0128. The maximum absolute atomic E-state index is 13.1. The molecule has 2 aliphatic rings. The van der Waals surface area contributed by atoms with Gasteiger partial charge in [-0.1, -0.05) is 135 Å². The van der Waals surface area contributed by atoms with E-state index < -0.39 is 84.3 Å². The first-order chi connectivity index (χ1) is 32.5. The molecule has 1 fully saturated rings. The number of methoxy groups -OCH3 is 1. The molecule has 0 radical (unpaired) electrons. The van der Waals surface area contributed by atoms with Gasteiger partial charge in [0.25, 0.3) is 0 Å². The monoisotopic (exact) mass is 1080 g/mol. The molecule has 0 amide bonds. The fourth-order valence-corrected chi connectivity index (χ4v) is 9.75. The molecule has 13 nitrogen and oxygen atoms in total. The Hall–Kier alpha value is -2.08. The molecular formula is C53H85BrCl2O13. The van der Waals surface area contributed by atoms with Crippen LogP contribution in [0.3, 0.4) is 0 Å². The van der Waals surface area contributed by atoms with Gasteiger partial charge in [0.15, 0.2) is 0 Å². The number of carbonyl (C=O) groups is 2. The topological polar surface area (TPSA) is 213 Å². The molecule has 396 valence electrons. The van der Waals surface area contributed by atoms with E-state index in [1.54, 1.807) is 57.8 Å². The van der Waals surface area contributed by atoms with Crippen LogP contribution in [0.4, 0.5) is 0 Å². The number of ether oxygens (including phenoxy) is 4. The Balaban J connectivity index is 2.00. The van der Waals surface area contributed by atoms with Gasteiger partial charge in [0.05, 0.1) is 61.3 Å². The first-order valence-electron chi connectivity index (χ1n) is 24.8. The number of hydrogen-bond acceptors (Lipinski definition) is 13. The fourth-order valence-electron chi connectivity index (χ4n) is 9.07. The van der Waals surface area contributed by atoms with Gasteiger partial charge in [0, 0.05) is 54.0 Å². The minimum absolute atomic E-state index is 0.00703. The zero-order valence-electron chi connectivity index (χ0n) is 42.1. The van der Waals surface area contributed by atoms with Crippen molar-refractivity contribution in [2.24, 2.45) is 17.3 Å². The lowest BCUT2D eigenvalue weighted by Crippen LogP contribution is -2.44. The molecule has 0 aromatic carbocycles. The van der Waals surface area contributed by atoms with Gasteiger partial charge >= 0.3 is 11.9 Å². The van der Waals surface area contributed by atoms with Crippen molar-refractivity contribution in [3.05, 3.63) is 68.9 Å². The Morgan fingerprint density at radius 1 is 0.971 bits per heavy atom. The highest BCUT2D eigenvalue weighted by Gasteiger charge is 2.43. The first kappa shape index (κ1) is 63.0. The summed E-state index contributed by atoms with van der Waals surface area (Å²) in [5.41, 5.74) is 2.09. The summed E-state index contributed by atoms with van der Waals surface area (Å²) >= 11 is 14.7. The lowest BCUT2D eigenvalue weighted by Gasteiger charge is -2.38. The Bertz CT molecular complexity index is 1710. The van der Waals surface area contributed by atoms with E-state index in [0.29, 0.717) is 54.0 Å². The average Bonchev–Trinajstić information content (AvgIpc) is 3.65. The van der Waals surface area contributed by atoms with E-state index in [4.69, 9.17) is 42.1 Å². The van der Waals surface area contributed by atoms with Crippen molar-refractivity contribution < 1.29 is 64.3 Å². The zero-order valence-corrected chi connectivity index (χ0v) is 45.2. The highest BCUT2D eigenvalue weighted by atomic mass is 79.9. The maximum Gasteiger partial charge on any atom is 0.309 e. The lowest BCUT2D eigenvalue weighted by atomic mass is 9.75. The van der Waals surface area contributed by atoms with Gasteiger partial charge in [-0.05, 0) is 76.4 Å². The number of rotatable bonds is 28. The summed E-state index contributed by atoms with van der Waals surface area (Å²) in [5.74, 6) is -1.27. The lowest BCUT2D eigenvalue weighted by molar-refractivity contribution is -0.156. The fraction of sp³-hybridized carbons (Fsp3) is 0.736. The Morgan fingerprint density at radius 2 is 1.61 bits per heavy atom. The van der Waals surface area contributed by atoms with Crippen LogP contribution in [0, 0.1) is 17.3 Å². The predicted molar refractivity (Wildman–Crippen MR) is 275 cm³/mol. The van der Waals surface area contributed by atoms with E-state index in [-0.39, 0.29) is 50.5 Å². The molecule has 13 unspecified atom stereocenters. The van der Waals surface area contributed by atoms with Crippen LogP contribution in [-0.4, -0.2) is 122 Å². The molecular weight excluding hydrogens is 995 g/mol. The van der Waals surface area contributed by atoms with E-state index in [2.05, 4.69) is 22.5 Å². The summed E-state index contributed by atoms with van der Waals surface area (Å²) in [6, 6.07) is 0. The summed E-state index contributed by atoms with van der Waals surface area (Å²) in [4.78, 5) is 27.5. The van der Waals surface area contributed by atoms with Crippen LogP contribution in [0.2, 0.25) is 0 Å². The Morgan fingerprint density at radius 3 is 2.25 bits per heavy atom. The second-order valence-electron chi connectivity index (χ2n) is 20.2. The standard InChI is InChI=1S/C53H85BrCl2O13/c1-33-20-39(57)22-34(2)23-41-29-46(69-51(65)27-40(58)21-33)52(68-41)45(61)24-35(3)25-48(62)53(6,7)49(63)30-44(60)37(5)43(59)28-42(26-36(4)47(31-54)66-8)67-50(64)19-17-15-13-11-9-10-12-14-16-18-38(56)32-55/h16,18,21,24,31-32,34,37,39-46,48-49,52,57-63H,4,9-15,17,19-20,22-23,25-30H2,1-3,5-8H3. The van der Waals surface area contributed by atoms with Gasteiger partial charge in [0.2, 0.25) is 0 Å². The smallest absolute Gasteiger partial charge is 0.309 e. The number of aliphatic hydroxyl groups is 7. The normalized spacial score (nSPS) is 25.7. The predicted octanol–water partition coefficient (Wildman–Crippen LogP) is 9.64. The molecule has 2 rings (SSSR count). The van der Waals surface area contributed by atoms with Crippen molar-refractivity contribution in [2.75, 3.05) is 7.11 Å². The van der Waals surface area contributed by atoms with Crippen LogP contribution in [-0.2, 0) is 28.5 Å². The van der Waals surface area contributed by atoms with Crippen molar-refractivity contribution in [3.8, 4) is 0 Å². The molecule has 13 atom stereocenters. The van der Waals surface area contributed by atoms with Gasteiger partial charge in [0.1, 0.15) is 30.2 Å². The first-order valence-corrected chi connectivity index (χ1v) is 26.5. The molecule has 2 aliphatic heterocycles. The maximum atomic E-state index is 13.1. The number of unbranched alkanes of at least 4 members (excludes halogenated alkanes) is 7. The highest BCUT2D eigenvalue weighted by Crippen LogP contribution is 2.36. The second kappa shape index (κ2) is 32.9. The molecule has 1 saturated heterocycles. The Kier molecular flexibility index (Phi) is 30.0. The molecule has 0 saturated carbocycles. The molecule has 2 heterocycles. The van der Waals surface area contributed by atoms with Gasteiger partial charge in [-0.3, -0.25) is 9.59 Å². The molecule has 0 aromatic heterocycles. The van der Waals surface area contributed by atoms with E-state index in [1.165, 1.54) is 12.6 Å². The number of esters is 2. The van der Waals surface area contributed by atoms with Crippen LogP contribution >= 0.6 is 39.1 Å². The molecule has 0 aliphatic carbocycles. The number of hydrogen-bond donors (Lipinski definition) is 7. The number of halogens is 3. The third kappa shape index (κ3) is 24.0. The largest absolute Gasteiger partial charge is 0.496 e.